The largest absolute Gasteiger partial charge is 0.325 e. The smallest absolute Gasteiger partial charge is 0.262 e. The number of fused-ring (bicyclic) bond motifs is 1. The van der Waals surface area contributed by atoms with Gasteiger partial charge in [-0.25, -0.2) is 4.98 Å². The lowest BCUT2D eigenvalue weighted by Gasteiger charge is -2.18. The summed E-state index contributed by atoms with van der Waals surface area (Å²) in [5.74, 6) is -0.232. The van der Waals surface area contributed by atoms with Crippen molar-refractivity contribution in [2.45, 2.75) is 44.1 Å². The number of hydrogen-bond acceptors (Lipinski definition) is 5. The maximum Gasteiger partial charge on any atom is 0.262 e. The molecule has 0 aliphatic heterocycles. The fraction of sp³-hybridized carbons (Fsp3) is 0.273. The van der Waals surface area contributed by atoms with Crippen LogP contribution < -0.4 is 10.9 Å². The summed E-state index contributed by atoms with van der Waals surface area (Å²) in [4.78, 5) is 41.6. The molecule has 1 aromatic heterocycles. The maximum atomic E-state index is 12.9. The summed E-state index contributed by atoms with van der Waals surface area (Å²) < 4.78 is 1.62. The van der Waals surface area contributed by atoms with Crippen molar-refractivity contribution in [2.24, 2.45) is 0 Å². The van der Waals surface area contributed by atoms with E-state index in [1.165, 1.54) is 18.7 Å². The van der Waals surface area contributed by atoms with Gasteiger partial charge in [-0.15, -0.1) is 0 Å². The van der Waals surface area contributed by atoms with Crippen LogP contribution in [0.25, 0.3) is 10.9 Å². The molecule has 0 fully saturated rings. The predicted octanol–water partition coefficient (Wildman–Crippen LogP) is 4.30. The Morgan fingerprint density at radius 1 is 1.03 bits per heavy atom. The topological polar surface area (TPSA) is 81.1 Å². The molecule has 0 spiro atoms. The molecule has 0 aliphatic rings. The van der Waals surface area contributed by atoms with Crippen molar-refractivity contribution >= 4 is 40.0 Å². The number of rotatable bonds is 6. The van der Waals surface area contributed by atoms with E-state index in [2.05, 4.69) is 10.3 Å². The van der Waals surface area contributed by atoms with Crippen LogP contribution in [0, 0.1) is 0 Å². The first-order valence-electron chi connectivity index (χ1n) is 9.37. The number of benzene rings is 2. The van der Waals surface area contributed by atoms with Gasteiger partial charge in [0.25, 0.3) is 5.56 Å². The summed E-state index contributed by atoms with van der Waals surface area (Å²) in [5.41, 5.74) is 1.71. The van der Waals surface area contributed by atoms with Crippen molar-refractivity contribution in [3.63, 3.8) is 0 Å². The van der Waals surface area contributed by atoms with E-state index in [4.69, 9.17) is 0 Å². The quantitative estimate of drug-likeness (QED) is 0.373. The van der Waals surface area contributed by atoms with Gasteiger partial charge in [-0.1, -0.05) is 23.9 Å². The van der Waals surface area contributed by atoms with Crippen LogP contribution in [-0.4, -0.2) is 26.5 Å². The molecular weight excluding hydrogens is 386 g/mol. The third-order valence-corrected chi connectivity index (χ3v) is 5.57. The lowest BCUT2D eigenvalue weighted by molar-refractivity contribution is -0.115. The lowest BCUT2D eigenvalue weighted by Crippen LogP contribution is -2.28. The molecule has 1 atom stereocenters. The van der Waals surface area contributed by atoms with E-state index in [0.29, 0.717) is 27.3 Å². The minimum absolute atomic E-state index is 0.0270. The SMILES string of the molecule is CC(=O)c1ccc(NC(=O)C(C)Sc2nc3ccccc3c(=O)n2C(C)C)cc1. The van der Waals surface area contributed by atoms with Crippen LogP contribution in [0.4, 0.5) is 5.69 Å². The average molecular weight is 410 g/mol. The Morgan fingerprint density at radius 2 is 1.69 bits per heavy atom. The van der Waals surface area contributed by atoms with Crippen molar-refractivity contribution in [2.75, 3.05) is 5.32 Å². The van der Waals surface area contributed by atoms with Crippen molar-refractivity contribution in [1.29, 1.82) is 0 Å². The highest BCUT2D eigenvalue weighted by molar-refractivity contribution is 8.00. The van der Waals surface area contributed by atoms with Gasteiger partial charge in [0.1, 0.15) is 0 Å². The third kappa shape index (κ3) is 4.56. The molecule has 3 rings (SSSR count). The van der Waals surface area contributed by atoms with Gasteiger partial charge in [0.2, 0.25) is 5.91 Å². The van der Waals surface area contributed by atoms with Crippen LogP contribution >= 0.6 is 11.8 Å². The summed E-state index contributed by atoms with van der Waals surface area (Å²) in [6, 6.07) is 13.9. The zero-order chi connectivity index (χ0) is 21.1. The molecule has 29 heavy (non-hydrogen) atoms. The zero-order valence-corrected chi connectivity index (χ0v) is 17.6. The minimum Gasteiger partial charge on any atom is -0.325 e. The molecule has 6 nitrogen and oxygen atoms in total. The molecule has 0 saturated carbocycles. The first-order chi connectivity index (χ1) is 13.8. The second-order valence-electron chi connectivity index (χ2n) is 7.06. The molecule has 7 heteroatoms. The van der Waals surface area contributed by atoms with Crippen molar-refractivity contribution in [3.05, 3.63) is 64.4 Å². The van der Waals surface area contributed by atoms with Crippen molar-refractivity contribution < 1.29 is 9.59 Å². The number of aromatic nitrogens is 2. The van der Waals surface area contributed by atoms with Crippen LogP contribution in [0.1, 0.15) is 44.1 Å². The molecule has 1 amide bonds. The van der Waals surface area contributed by atoms with Gasteiger partial charge in [-0.3, -0.25) is 19.0 Å². The Balaban J connectivity index is 1.84. The van der Waals surface area contributed by atoms with Crippen LogP contribution in [0.2, 0.25) is 0 Å². The second-order valence-corrected chi connectivity index (χ2v) is 8.37. The van der Waals surface area contributed by atoms with Crippen LogP contribution in [0.3, 0.4) is 0 Å². The molecule has 1 unspecified atom stereocenters. The van der Waals surface area contributed by atoms with Gasteiger partial charge in [0, 0.05) is 17.3 Å². The number of anilines is 1. The zero-order valence-electron chi connectivity index (χ0n) is 16.8. The number of carbonyl (C=O) groups excluding carboxylic acids is 2. The minimum atomic E-state index is -0.472. The van der Waals surface area contributed by atoms with Gasteiger partial charge in [-0.05, 0) is 64.1 Å². The second kappa shape index (κ2) is 8.61. The van der Waals surface area contributed by atoms with Gasteiger partial charge in [0.15, 0.2) is 10.9 Å². The summed E-state index contributed by atoms with van der Waals surface area (Å²) in [7, 11) is 0. The van der Waals surface area contributed by atoms with E-state index in [9.17, 15) is 14.4 Å². The van der Waals surface area contributed by atoms with Crippen molar-refractivity contribution in [3.8, 4) is 0 Å². The van der Waals surface area contributed by atoms with Crippen molar-refractivity contribution in [1.82, 2.24) is 9.55 Å². The number of Topliss-reactive ketones (excluding diaryl/α,β-unsaturated/α-hetero) is 1. The molecule has 0 radical (unpaired) electrons. The van der Waals surface area contributed by atoms with E-state index < -0.39 is 5.25 Å². The number of carbonyl (C=O) groups is 2. The molecule has 1 heterocycles. The molecule has 0 bridgehead atoms. The van der Waals surface area contributed by atoms with Gasteiger partial charge in [-0.2, -0.15) is 0 Å². The number of nitrogens with zero attached hydrogens (tertiary/aromatic N) is 2. The number of ketones is 1. The molecule has 0 aliphatic carbocycles. The number of thioether (sulfide) groups is 1. The van der Waals surface area contributed by atoms with Gasteiger partial charge >= 0.3 is 0 Å². The molecule has 150 valence electrons. The monoisotopic (exact) mass is 409 g/mol. The van der Waals surface area contributed by atoms with Gasteiger partial charge in [0.05, 0.1) is 16.2 Å². The first kappa shape index (κ1) is 20.8. The summed E-state index contributed by atoms with van der Waals surface area (Å²) in [5, 5.41) is 3.45. The average Bonchev–Trinajstić information content (AvgIpc) is 2.68. The third-order valence-electron chi connectivity index (χ3n) is 4.50. The predicted molar refractivity (Wildman–Crippen MR) is 117 cm³/mol. The van der Waals surface area contributed by atoms with Gasteiger partial charge < -0.3 is 5.32 Å². The summed E-state index contributed by atoms with van der Waals surface area (Å²) in [6.07, 6.45) is 0. The number of amides is 1. The molecule has 1 N–H and O–H groups in total. The molecule has 0 saturated heterocycles. The number of hydrogen-bond donors (Lipinski definition) is 1. The first-order valence-corrected chi connectivity index (χ1v) is 10.3. The fourth-order valence-electron chi connectivity index (χ4n) is 2.91. The Bertz CT molecular complexity index is 1120. The van der Waals surface area contributed by atoms with E-state index >= 15 is 0 Å². The van der Waals surface area contributed by atoms with E-state index in [-0.39, 0.29) is 23.3 Å². The molecular formula is C22H23N3O3S. The highest BCUT2D eigenvalue weighted by Crippen LogP contribution is 2.25. The highest BCUT2D eigenvalue weighted by atomic mass is 32.2. The fourth-order valence-corrected chi connectivity index (χ4v) is 3.95. The summed E-state index contributed by atoms with van der Waals surface area (Å²) in [6.45, 7) is 7.11. The lowest BCUT2D eigenvalue weighted by atomic mass is 10.1. The molecule has 3 aromatic rings. The Morgan fingerprint density at radius 3 is 2.31 bits per heavy atom. The number of para-hydroxylation sites is 1. The highest BCUT2D eigenvalue weighted by Gasteiger charge is 2.20. The van der Waals surface area contributed by atoms with Crippen LogP contribution in [0.5, 0.6) is 0 Å². The Kier molecular flexibility index (Phi) is 6.17. The molecule has 2 aromatic carbocycles. The Labute approximate surface area is 173 Å². The summed E-state index contributed by atoms with van der Waals surface area (Å²) >= 11 is 1.25. The number of nitrogens with one attached hydrogen (secondary N) is 1. The van der Waals surface area contributed by atoms with Crippen LogP contribution in [-0.2, 0) is 4.79 Å². The van der Waals surface area contributed by atoms with Crippen LogP contribution in [0.15, 0.2) is 58.5 Å². The van der Waals surface area contributed by atoms with E-state index in [1.807, 2.05) is 26.0 Å². The van der Waals surface area contributed by atoms with E-state index in [0.717, 1.165) is 0 Å². The maximum absolute atomic E-state index is 12.9. The standard InChI is InChI=1S/C22H23N3O3S/c1-13(2)25-21(28)18-7-5-6-8-19(18)24-22(25)29-15(4)20(27)23-17-11-9-16(10-12-17)14(3)26/h5-13,15H,1-4H3,(H,23,27). The normalized spacial score (nSPS) is 12.2. The Hall–Kier alpha value is -2.93. The van der Waals surface area contributed by atoms with E-state index in [1.54, 1.807) is 47.9 Å².